The fourth-order valence-electron chi connectivity index (χ4n) is 3.18. The number of benzene rings is 1. The summed E-state index contributed by atoms with van der Waals surface area (Å²) in [5.41, 5.74) is -5.55. The molecule has 0 atom stereocenters. The molecule has 1 aliphatic rings. The summed E-state index contributed by atoms with van der Waals surface area (Å²) >= 11 is 0.750. The molecule has 2 amide bonds. The Bertz CT molecular complexity index is 997. The van der Waals surface area contributed by atoms with Crippen LogP contribution in [0.3, 0.4) is 0 Å². The molecule has 0 saturated carbocycles. The highest BCUT2D eigenvalue weighted by Crippen LogP contribution is 2.49. The normalized spacial score (nSPS) is 14.4. The van der Waals surface area contributed by atoms with Crippen LogP contribution in [0.1, 0.15) is 13.8 Å². The van der Waals surface area contributed by atoms with Crippen molar-refractivity contribution in [1.29, 1.82) is 0 Å². The number of carbonyl (C=O) groups is 3. The van der Waals surface area contributed by atoms with Gasteiger partial charge in [0.25, 0.3) is 5.54 Å². The third-order valence-electron chi connectivity index (χ3n) is 4.71. The van der Waals surface area contributed by atoms with Gasteiger partial charge in [-0.1, -0.05) is 36.5 Å². The lowest BCUT2D eigenvalue weighted by Gasteiger charge is -2.41. The Labute approximate surface area is 205 Å². The Hall–Kier alpha value is -3.23. The molecule has 0 aliphatic carbocycles. The molecule has 15 heteroatoms. The SMILES string of the molecule is C=C1CN=C(N(C(=O)NC(C(C(=O)OCC)C(=O)OCC)(C(F)(F)F)C(F)(F)F)c2ccccc2)S1. The van der Waals surface area contributed by atoms with Gasteiger partial charge in [0.1, 0.15) is 0 Å². The Morgan fingerprint density at radius 2 is 1.53 bits per heavy atom. The van der Waals surface area contributed by atoms with Gasteiger partial charge in [0, 0.05) is 4.91 Å². The molecule has 8 nitrogen and oxygen atoms in total. The first kappa shape index (κ1) is 29.0. The summed E-state index contributed by atoms with van der Waals surface area (Å²) in [6, 6.07) is 4.77. The first-order chi connectivity index (χ1) is 16.7. The predicted molar refractivity (Wildman–Crippen MR) is 118 cm³/mol. The topological polar surface area (TPSA) is 97.3 Å². The van der Waals surface area contributed by atoms with Gasteiger partial charge in [0.15, 0.2) is 11.1 Å². The largest absolute Gasteiger partial charge is 0.465 e. The zero-order valence-corrected chi connectivity index (χ0v) is 19.7. The van der Waals surface area contributed by atoms with Crippen LogP contribution in [0.4, 0.5) is 36.8 Å². The molecule has 198 valence electrons. The number of alkyl halides is 6. The van der Waals surface area contributed by atoms with E-state index in [4.69, 9.17) is 0 Å². The number of hydrogen-bond donors (Lipinski definition) is 1. The van der Waals surface area contributed by atoms with E-state index in [9.17, 15) is 40.7 Å². The van der Waals surface area contributed by atoms with Crippen LogP contribution in [0.5, 0.6) is 0 Å². The molecule has 1 aromatic carbocycles. The molecule has 0 saturated heterocycles. The monoisotopic (exact) mass is 541 g/mol. The highest BCUT2D eigenvalue weighted by Gasteiger charge is 2.79. The number of carbonyl (C=O) groups excluding carboxylic acids is 3. The van der Waals surface area contributed by atoms with Crippen molar-refractivity contribution in [1.82, 2.24) is 5.32 Å². The smallest absolute Gasteiger partial charge is 0.422 e. The summed E-state index contributed by atoms with van der Waals surface area (Å²) < 4.78 is 94.9. The second-order valence-electron chi connectivity index (χ2n) is 7.08. The number of urea groups is 1. The van der Waals surface area contributed by atoms with E-state index in [1.165, 1.54) is 30.3 Å². The van der Waals surface area contributed by atoms with Crippen molar-refractivity contribution in [3.8, 4) is 0 Å². The predicted octanol–water partition coefficient (Wildman–Crippen LogP) is 4.42. The number of para-hydroxylation sites is 1. The van der Waals surface area contributed by atoms with Crippen molar-refractivity contribution in [2.45, 2.75) is 31.7 Å². The fourth-order valence-corrected chi connectivity index (χ4v) is 3.98. The van der Waals surface area contributed by atoms with Crippen molar-refractivity contribution >= 4 is 40.6 Å². The second kappa shape index (κ2) is 11.2. The number of halogens is 6. The van der Waals surface area contributed by atoms with Gasteiger partial charge in [-0.25, -0.2) is 9.69 Å². The summed E-state index contributed by atoms with van der Waals surface area (Å²) in [6.45, 7) is 4.49. The number of amides is 2. The number of nitrogens with zero attached hydrogens (tertiary/aromatic N) is 2. The number of esters is 2. The number of hydrogen-bond acceptors (Lipinski definition) is 7. The van der Waals surface area contributed by atoms with E-state index in [1.54, 1.807) is 0 Å². The minimum absolute atomic E-state index is 0.0470. The Morgan fingerprint density at radius 1 is 1.03 bits per heavy atom. The molecule has 2 rings (SSSR count). The lowest BCUT2D eigenvalue weighted by Crippen LogP contribution is -2.75. The van der Waals surface area contributed by atoms with Gasteiger partial charge in [-0.3, -0.25) is 14.6 Å². The summed E-state index contributed by atoms with van der Waals surface area (Å²) in [4.78, 5) is 42.8. The van der Waals surface area contributed by atoms with Crippen LogP contribution in [0, 0.1) is 5.92 Å². The van der Waals surface area contributed by atoms with E-state index >= 15 is 0 Å². The van der Waals surface area contributed by atoms with Crippen LogP contribution in [0.15, 0.2) is 46.8 Å². The van der Waals surface area contributed by atoms with Gasteiger partial charge in [-0.05, 0) is 26.0 Å². The van der Waals surface area contributed by atoms with E-state index in [1.807, 2.05) is 0 Å². The van der Waals surface area contributed by atoms with Gasteiger partial charge >= 0.3 is 30.3 Å². The molecule has 1 aromatic rings. The van der Waals surface area contributed by atoms with Crippen molar-refractivity contribution in [2.75, 3.05) is 24.7 Å². The molecule has 0 bridgehead atoms. The third kappa shape index (κ3) is 5.77. The number of rotatable bonds is 7. The van der Waals surface area contributed by atoms with Crippen molar-refractivity contribution in [3.63, 3.8) is 0 Å². The molecule has 0 fully saturated rings. The van der Waals surface area contributed by atoms with E-state index in [0.29, 0.717) is 9.81 Å². The van der Waals surface area contributed by atoms with Crippen LogP contribution in [-0.4, -0.2) is 60.8 Å². The Kier molecular flexibility index (Phi) is 9.04. The number of nitrogens with one attached hydrogen (secondary N) is 1. The molecular weight excluding hydrogens is 520 g/mol. The highest BCUT2D eigenvalue weighted by molar-refractivity contribution is 8.17. The van der Waals surface area contributed by atoms with Gasteiger partial charge in [-0.15, -0.1) is 0 Å². The summed E-state index contributed by atoms with van der Waals surface area (Å²) in [7, 11) is 0. The molecular formula is C21H21F6N3O5S. The molecule has 0 spiro atoms. The van der Waals surface area contributed by atoms with E-state index < -0.39 is 55.0 Å². The molecule has 0 aromatic heterocycles. The van der Waals surface area contributed by atoms with Gasteiger partial charge in [-0.2, -0.15) is 26.3 Å². The quantitative estimate of drug-likeness (QED) is 0.312. The zero-order valence-electron chi connectivity index (χ0n) is 18.9. The van der Waals surface area contributed by atoms with Gasteiger partial charge in [0.2, 0.25) is 0 Å². The average Bonchev–Trinajstić information content (AvgIpc) is 3.18. The number of amidine groups is 1. The van der Waals surface area contributed by atoms with Crippen LogP contribution in [0.25, 0.3) is 0 Å². The zero-order chi connectivity index (χ0) is 27.3. The van der Waals surface area contributed by atoms with Crippen LogP contribution in [-0.2, 0) is 19.1 Å². The number of aliphatic imine (C=N–C) groups is 1. The molecule has 0 radical (unpaired) electrons. The van der Waals surface area contributed by atoms with Crippen molar-refractivity contribution in [2.24, 2.45) is 10.9 Å². The van der Waals surface area contributed by atoms with Crippen molar-refractivity contribution < 1.29 is 50.2 Å². The molecule has 0 unspecified atom stereocenters. The minimum atomic E-state index is -6.41. The second-order valence-corrected chi connectivity index (χ2v) is 8.23. The number of anilines is 1. The average molecular weight is 541 g/mol. The number of ether oxygens (including phenoxy) is 2. The standard InChI is InChI=1S/C21H21F6N3O5S/c1-4-34-15(31)14(16(32)35-5-2)19(20(22,23)24,21(25,26)27)29-17(33)30(13-9-7-6-8-10-13)18-28-11-12(3)36-18/h6-10,14H,3-5,11H2,1-2H3,(H,29,33). The summed E-state index contributed by atoms with van der Waals surface area (Å²) in [5, 5.41) is 0.619. The molecule has 1 heterocycles. The number of thioether (sulfide) groups is 1. The Morgan fingerprint density at radius 3 is 1.92 bits per heavy atom. The minimum Gasteiger partial charge on any atom is -0.465 e. The van der Waals surface area contributed by atoms with Gasteiger partial charge in [0.05, 0.1) is 25.4 Å². The Balaban J connectivity index is 2.75. The van der Waals surface area contributed by atoms with Crippen LogP contribution < -0.4 is 10.2 Å². The first-order valence-corrected chi connectivity index (χ1v) is 11.1. The van der Waals surface area contributed by atoms with Crippen LogP contribution in [0.2, 0.25) is 0 Å². The molecule has 36 heavy (non-hydrogen) atoms. The lowest BCUT2D eigenvalue weighted by atomic mass is 9.81. The maximum Gasteiger partial charge on any atom is 0.422 e. The van der Waals surface area contributed by atoms with E-state index in [0.717, 1.165) is 30.9 Å². The first-order valence-electron chi connectivity index (χ1n) is 10.2. The fraction of sp³-hybridized carbons (Fsp3) is 0.429. The van der Waals surface area contributed by atoms with Crippen LogP contribution >= 0.6 is 11.8 Å². The van der Waals surface area contributed by atoms with Gasteiger partial charge < -0.3 is 14.8 Å². The summed E-state index contributed by atoms with van der Waals surface area (Å²) in [6.07, 6.45) is -12.8. The highest BCUT2D eigenvalue weighted by atomic mass is 32.2. The molecule has 1 N–H and O–H groups in total. The maximum absolute atomic E-state index is 14.4. The molecule has 1 aliphatic heterocycles. The van der Waals surface area contributed by atoms with Crippen molar-refractivity contribution in [3.05, 3.63) is 41.8 Å². The summed E-state index contributed by atoms with van der Waals surface area (Å²) in [5.74, 6) is -8.02. The maximum atomic E-state index is 14.4. The van der Waals surface area contributed by atoms with E-state index in [2.05, 4.69) is 21.0 Å². The van der Waals surface area contributed by atoms with E-state index in [-0.39, 0.29) is 17.4 Å². The third-order valence-corrected chi connectivity index (χ3v) is 5.62. The lowest BCUT2D eigenvalue weighted by molar-refractivity contribution is -0.317.